The molecule has 0 unspecified atom stereocenters. The monoisotopic (exact) mass is 267 g/mol. The van der Waals surface area contributed by atoms with E-state index in [0.717, 1.165) is 24.3 Å². The number of nitrogens with zero attached hydrogens (tertiary/aromatic N) is 2. The van der Waals surface area contributed by atoms with Gasteiger partial charge in [-0.1, -0.05) is 5.16 Å². The lowest BCUT2D eigenvalue weighted by atomic mass is 10.1. The molecule has 0 aliphatic carbocycles. The van der Waals surface area contributed by atoms with Crippen LogP contribution >= 0.6 is 12.4 Å². The molecule has 5 nitrogen and oxygen atoms in total. The van der Waals surface area contributed by atoms with Crippen LogP contribution in [0.25, 0.3) is 11.4 Å². The molecular weight excluding hydrogens is 254 g/mol. The van der Waals surface area contributed by atoms with Crippen molar-refractivity contribution in [2.24, 2.45) is 5.73 Å². The molecule has 0 amide bonds. The zero-order valence-corrected chi connectivity index (χ0v) is 10.7. The van der Waals surface area contributed by atoms with Gasteiger partial charge in [-0.15, -0.1) is 12.4 Å². The summed E-state index contributed by atoms with van der Waals surface area (Å²) in [5, 5.41) is 3.93. The highest BCUT2D eigenvalue weighted by atomic mass is 35.5. The van der Waals surface area contributed by atoms with Gasteiger partial charge in [0.25, 0.3) is 0 Å². The third kappa shape index (κ3) is 2.19. The summed E-state index contributed by atoms with van der Waals surface area (Å²) in [6.07, 6.45) is 0.932. The number of fused-ring (bicyclic) bond motifs is 1. The van der Waals surface area contributed by atoms with Crippen molar-refractivity contribution in [3.8, 4) is 17.1 Å². The fourth-order valence-electron chi connectivity index (χ4n) is 1.86. The Morgan fingerprint density at radius 3 is 2.94 bits per heavy atom. The molecule has 3 rings (SSSR count). The molecule has 0 spiro atoms. The van der Waals surface area contributed by atoms with E-state index >= 15 is 0 Å². The number of aromatic nitrogens is 2. The highest BCUT2D eigenvalue weighted by Gasteiger charge is 2.16. The number of hydrogen-bond acceptors (Lipinski definition) is 5. The summed E-state index contributed by atoms with van der Waals surface area (Å²) in [5.74, 6) is 1.98. The van der Waals surface area contributed by atoms with Gasteiger partial charge >= 0.3 is 0 Å². The Bertz CT molecular complexity index is 554. The van der Waals surface area contributed by atoms with Crippen LogP contribution in [0.5, 0.6) is 5.75 Å². The molecule has 1 aliphatic rings. The Hall–Kier alpha value is -1.59. The van der Waals surface area contributed by atoms with Crippen molar-refractivity contribution >= 4 is 12.4 Å². The van der Waals surface area contributed by atoms with E-state index in [9.17, 15) is 0 Å². The Morgan fingerprint density at radius 2 is 2.22 bits per heavy atom. The third-order valence-corrected chi connectivity index (χ3v) is 2.78. The predicted octanol–water partition coefficient (Wildman–Crippen LogP) is 2.11. The summed E-state index contributed by atoms with van der Waals surface area (Å²) in [6.45, 7) is 2.56. The number of benzene rings is 1. The first kappa shape index (κ1) is 12.9. The van der Waals surface area contributed by atoms with Crippen molar-refractivity contribution in [2.45, 2.75) is 19.4 Å². The minimum atomic E-state index is -0.242. The van der Waals surface area contributed by atoms with Crippen LogP contribution in [0.2, 0.25) is 0 Å². The van der Waals surface area contributed by atoms with Gasteiger partial charge in [0.1, 0.15) is 5.75 Å². The first-order chi connectivity index (χ1) is 8.24. The Morgan fingerprint density at radius 1 is 1.39 bits per heavy atom. The van der Waals surface area contributed by atoms with Crippen molar-refractivity contribution in [1.29, 1.82) is 0 Å². The summed E-state index contributed by atoms with van der Waals surface area (Å²) < 4.78 is 10.5. The SMILES string of the molecule is C[C@@H](N)c1nc(-c2ccc3c(c2)CCO3)no1.Cl. The third-order valence-electron chi connectivity index (χ3n) is 2.78. The second-order valence-electron chi connectivity index (χ2n) is 4.17. The second-order valence-corrected chi connectivity index (χ2v) is 4.17. The van der Waals surface area contributed by atoms with Crippen molar-refractivity contribution < 1.29 is 9.26 Å². The van der Waals surface area contributed by atoms with E-state index in [1.54, 1.807) is 0 Å². The molecule has 6 heteroatoms. The standard InChI is InChI=1S/C12H13N3O2.ClH/c1-7(13)12-14-11(15-17-12)9-2-3-10-8(6-9)4-5-16-10;/h2-3,6-7H,4-5,13H2,1H3;1H/t7-;/m1./s1. The average molecular weight is 268 g/mol. The Kier molecular flexibility index (Phi) is 3.54. The van der Waals surface area contributed by atoms with E-state index in [2.05, 4.69) is 10.1 Å². The van der Waals surface area contributed by atoms with Crippen LogP contribution in [-0.2, 0) is 6.42 Å². The van der Waals surface area contributed by atoms with Gasteiger partial charge < -0.3 is 15.0 Å². The van der Waals surface area contributed by atoms with Crippen LogP contribution in [0.1, 0.15) is 24.4 Å². The molecule has 0 saturated heterocycles. The van der Waals surface area contributed by atoms with Crippen LogP contribution in [0, 0.1) is 0 Å². The summed E-state index contributed by atoms with van der Waals surface area (Å²) >= 11 is 0. The fourth-order valence-corrected chi connectivity index (χ4v) is 1.86. The van der Waals surface area contributed by atoms with Crippen molar-refractivity contribution in [3.63, 3.8) is 0 Å². The lowest BCUT2D eigenvalue weighted by molar-refractivity contribution is 0.357. The summed E-state index contributed by atoms with van der Waals surface area (Å²) in [7, 11) is 0. The highest BCUT2D eigenvalue weighted by Crippen LogP contribution is 2.29. The van der Waals surface area contributed by atoms with Crippen LogP contribution in [0.3, 0.4) is 0 Å². The number of halogens is 1. The first-order valence-corrected chi connectivity index (χ1v) is 5.59. The Balaban J connectivity index is 0.00000120. The van der Waals surface area contributed by atoms with E-state index in [1.807, 2.05) is 25.1 Å². The molecule has 1 aliphatic heterocycles. The quantitative estimate of drug-likeness (QED) is 0.902. The van der Waals surface area contributed by atoms with Crippen molar-refractivity contribution in [3.05, 3.63) is 29.7 Å². The molecular formula is C12H14ClN3O2. The fraction of sp³-hybridized carbons (Fsp3) is 0.333. The topological polar surface area (TPSA) is 74.2 Å². The maximum absolute atomic E-state index is 5.68. The molecule has 2 N–H and O–H groups in total. The highest BCUT2D eigenvalue weighted by molar-refractivity contribution is 5.85. The van der Waals surface area contributed by atoms with Gasteiger partial charge in [0, 0.05) is 12.0 Å². The molecule has 0 fully saturated rings. The van der Waals surface area contributed by atoms with Crippen molar-refractivity contribution in [2.75, 3.05) is 6.61 Å². The lowest BCUT2D eigenvalue weighted by Crippen LogP contribution is -2.04. The average Bonchev–Trinajstić information content (AvgIpc) is 2.97. The molecule has 1 atom stereocenters. The zero-order chi connectivity index (χ0) is 11.8. The van der Waals surface area contributed by atoms with E-state index in [4.69, 9.17) is 15.0 Å². The maximum Gasteiger partial charge on any atom is 0.243 e. The zero-order valence-electron chi connectivity index (χ0n) is 9.92. The maximum atomic E-state index is 5.68. The number of ether oxygens (including phenoxy) is 1. The van der Waals surface area contributed by atoms with Crippen LogP contribution in [0.15, 0.2) is 22.7 Å². The summed E-state index contributed by atoms with van der Waals surface area (Å²) in [4.78, 5) is 4.26. The van der Waals surface area contributed by atoms with E-state index in [-0.39, 0.29) is 18.4 Å². The van der Waals surface area contributed by atoms with Gasteiger partial charge in [-0.2, -0.15) is 4.98 Å². The normalized spacial score (nSPS) is 14.6. The molecule has 96 valence electrons. The van der Waals surface area contributed by atoms with Crippen molar-refractivity contribution in [1.82, 2.24) is 10.1 Å². The van der Waals surface area contributed by atoms with E-state index in [0.29, 0.717) is 11.7 Å². The largest absolute Gasteiger partial charge is 0.493 e. The molecule has 0 bridgehead atoms. The molecule has 18 heavy (non-hydrogen) atoms. The predicted molar refractivity (Wildman–Crippen MR) is 68.8 cm³/mol. The van der Waals surface area contributed by atoms with E-state index < -0.39 is 0 Å². The van der Waals surface area contributed by atoms with Crippen LogP contribution in [-0.4, -0.2) is 16.7 Å². The molecule has 2 aromatic rings. The van der Waals surface area contributed by atoms with E-state index in [1.165, 1.54) is 5.56 Å². The smallest absolute Gasteiger partial charge is 0.243 e. The lowest BCUT2D eigenvalue weighted by Gasteiger charge is -1.99. The number of rotatable bonds is 2. The molecule has 0 radical (unpaired) electrons. The molecule has 2 heterocycles. The second kappa shape index (κ2) is 4.96. The number of hydrogen-bond donors (Lipinski definition) is 1. The molecule has 1 aromatic carbocycles. The van der Waals surface area contributed by atoms with Gasteiger partial charge in [-0.25, -0.2) is 0 Å². The minimum absolute atomic E-state index is 0. The summed E-state index contributed by atoms with van der Waals surface area (Å²) in [5.41, 5.74) is 7.80. The van der Waals surface area contributed by atoms with Gasteiger partial charge in [0.2, 0.25) is 11.7 Å². The molecule has 0 saturated carbocycles. The Labute approximate surface area is 111 Å². The van der Waals surface area contributed by atoms with Gasteiger partial charge in [0.05, 0.1) is 12.6 Å². The number of nitrogens with two attached hydrogens (primary N) is 1. The molecule has 1 aromatic heterocycles. The van der Waals surface area contributed by atoms with Crippen LogP contribution < -0.4 is 10.5 Å². The van der Waals surface area contributed by atoms with Gasteiger partial charge in [-0.05, 0) is 30.7 Å². The summed E-state index contributed by atoms with van der Waals surface area (Å²) in [6, 6.07) is 5.67. The van der Waals surface area contributed by atoms with Gasteiger partial charge in [0.15, 0.2) is 0 Å². The van der Waals surface area contributed by atoms with Crippen LogP contribution in [0.4, 0.5) is 0 Å². The van der Waals surface area contributed by atoms with Gasteiger partial charge in [-0.3, -0.25) is 0 Å². The minimum Gasteiger partial charge on any atom is -0.493 e. The first-order valence-electron chi connectivity index (χ1n) is 5.59.